The topological polar surface area (TPSA) is 13.1 Å². The molecule has 1 nitrogen and oxygen atoms in total. The maximum atomic E-state index is 9.58. The Balaban J connectivity index is 1.59. The van der Waals surface area contributed by atoms with Gasteiger partial charge in [-0.15, -0.1) is 0 Å². The molecule has 1 aromatic heterocycles. The van der Waals surface area contributed by atoms with Gasteiger partial charge in [0.05, 0.1) is 35.6 Å². The van der Waals surface area contributed by atoms with Crippen molar-refractivity contribution >= 4 is 54.3 Å². The Morgan fingerprint density at radius 1 is 0.455 bits per heavy atom. The summed E-state index contributed by atoms with van der Waals surface area (Å²) in [6.45, 7) is 0. The van der Waals surface area contributed by atoms with Gasteiger partial charge in [0.25, 0.3) is 0 Å². The van der Waals surface area contributed by atoms with Gasteiger partial charge in [-0.2, -0.15) is 0 Å². The van der Waals surface area contributed by atoms with Crippen molar-refractivity contribution < 1.29 is 40.1 Å². The van der Waals surface area contributed by atoms with Gasteiger partial charge in [-0.1, -0.05) is 139 Å². The third kappa shape index (κ3) is 3.87. The molecule has 0 unspecified atom stereocenters. The van der Waals surface area contributed by atoms with Crippen LogP contribution in [0.3, 0.4) is 0 Å². The molecule has 0 aliphatic rings. The molecule has 0 atom stereocenters. The van der Waals surface area contributed by atoms with Crippen LogP contribution in [-0.4, -0.2) is 0 Å². The fourth-order valence-corrected chi connectivity index (χ4v) is 5.44. The van der Waals surface area contributed by atoms with Gasteiger partial charge in [-0.3, -0.25) is 0 Å². The smallest absolute Gasteiger partial charge is 0.136 e. The van der Waals surface area contributed by atoms with Crippen molar-refractivity contribution in [1.29, 1.82) is 0 Å². The minimum Gasteiger partial charge on any atom is -0.456 e. The molecule has 1 heterocycles. The summed E-state index contributed by atoms with van der Waals surface area (Å²) in [7, 11) is 0. The molecule has 0 saturated heterocycles. The largest absolute Gasteiger partial charge is 0.456 e. The maximum absolute atomic E-state index is 9.58. The second-order valence-electron chi connectivity index (χ2n) is 9.64. The third-order valence-electron chi connectivity index (χ3n) is 7.30. The van der Waals surface area contributed by atoms with Crippen LogP contribution in [0.4, 0.5) is 0 Å². The Hall–Kier alpha value is -5.66. The molecule has 0 aliphatic heterocycles. The Morgan fingerprint density at radius 3 is 1.86 bits per heavy atom. The summed E-state index contributed by atoms with van der Waals surface area (Å²) in [6, 6.07) is -22.2. The third-order valence-corrected chi connectivity index (χ3v) is 7.30. The van der Waals surface area contributed by atoms with Crippen LogP contribution in [0.25, 0.3) is 76.5 Å². The van der Waals surface area contributed by atoms with E-state index in [1.54, 1.807) is 0 Å². The van der Waals surface area contributed by atoms with E-state index in [0.29, 0.717) is 0 Å². The summed E-state index contributed by atoms with van der Waals surface area (Å²) >= 11 is 0. The molecule has 0 amide bonds. The minimum atomic E-state index is -0.944. The zero-order chi connectivity index (χ0) is 51.7. The van der Waals surface area contributed by atoms with E-state index in [1.165, 1.54) is 0 Å². The molecule has 1 heteroatoms. The average Bonchev–Trinajstić information content (AvgIpc) is 3.74. The number of rotatable bonds is 4. The van der Waals surface area contributed by atoms with Crippen molar-refractivity contribution in [3.8, 4) is 22.3 Å². The predicted molar refractivity (Wildman–Crippen MR) is 186 cm³/mol. The van der Waals surface area contributed by atoms with Gasteiger partial charge in [0.2, 0.25) is 0 Å². The van der Waals surface area contributed by atoms with Crippen LogP contribution in [0.2, 0.25) is 0 Å². The molecule has 0 radical (unpaired) electrons. The van der Waals surface area contributed by atoms with E-state index >= 15 is 0 Å². The monoisotopic (exact) mass is 586 g/mol. The molecule has 0 saturated carbocycles. The van der Waals surface area contributed by atoms with E-state index in [-0.39, 0.29) is 0 Å². The lowest BCUT2D eigenvalue weighted by atomic mass is 9.84. The minimum absolute atomic E-state index is 0.396. The van der Waals surface area contributed by atoms with E-state index < -0.39 is 251 Å². The number of benzene rings is 8. The van der Waals surface area contributed by atoms with Gasteiger partial charge in [-0.05, 0) is 90.2 Å². The molecule has 0 spiro atoms. The highest BCUT2D eigenvalue weighted by atomic mass is 16.3. The van der Waals surface area contributed by atoms with E-state index in [0.717, 1.165) is 0 Å². The standard InChI is InChI=1S/C43H28O/c1-2-12-28(13-3-1)30-24-25-40-39(26-30)43-37(22-11-23-41(43)44-40)42-35-20-8-6-18-33(35)38(34-19-7-9-21-36(34)42)27-31-16-10-15-29-14-4-5-17-32(29)31/h1-26H,27H2/i1D,2D,3D,4D,5D,6D,7D,8D,9D,10D,11D,12D,13D,14D,15D,16D,17D,18D,19D,20D,21D,22D,23D,24D,25D,26D. The lowest BCUT2D eigenvalue weighted by Crippen LogP contribution is -1.96. The first-order valence-electron chi connectivity index (χ1n) is 26.1. The second-order valence-corrected chi connectivity index (χ2v) is 9.64. The molecule has 206 valence electrons. The number of hydrogen-bond donors (Lipinski definition) is 0. The number of fused-ring (bicyclic) bond motifs is 6. The zero-order valence-corrected chi connectivity index (χ0v) is 22.1. The molecule has 9 rings (SSSR count). The zero-order valence-electron chi connectivity index (χ0n) is 48.1. The van der Waals surface area contributed by atoms with Crippen molar-refractivity contribution in [1.82, 2.24) is 0 Å². The van der Waals surface area contributed by atoms with Crippen molar-refractivity contribution in [3.63, 3.8) is 0 Å². The molecule has 8 aromatic carbocycles. The number of hydrogen-bond acceptors (Lipinski definition) is 1. The van der Waals surface area contributed by atoms with Gasteiger partial charge in [-0.25, -0.2) is 0 Å². The molecule has 9 aromatic rings. The lowest BCUT2D eigenvalue weighted by molar-refractivity contribution is 0.669. The van der Waals surface area contributed by atoms with Crippen molar-refractivity contribution in [2.45, 2.75) is 6.42 Å². The van der Waals surface area contributed by atoms with Crippen LogP contribution in [0, 0.1) is 0 Å². The van der Waals surface area contributed by atoms with E-state index in [4.69, 9.17) is 31.8 Å². The van der Waals surface area contributed by atoms with Gasteiger partial charge < -0.3 is 4.42 Å². The van der Waals surface area contributed by atoms with E-state index in [9.17, 15) is 8.22 Å². The Bertz CT molecular complexity index is 3870. The van der Waals surface area contributed by atoms with Gasteiger partial charge in [0.1, 0.15) is 11.2 Å². The normalized spacial score (nSPS) is 20.0. The second kappa shape index (κ2) is 9.97. The molecular formula is C43H28O. The Kier molecular flexibility index (Phi) is 2.31. The summed E-state index contributed by atoms with van der Waals surface area (Å²) in [5.74, 6) is 0. The fourth-order valence-electron chi connectivity index (χ4n) is 5.44. The molecule has 44 heavy (non-hydrogen) atoms. The first kappa shape index (κ1) is 10.2. The summed E-state index contributed by atoms with van der Waals surface area (Å²) in [6.07, 6.45) is -0.846. The van der Waals surface area contributed by atoms with Crippen LogP contribution in [0.1, 0.15) is 46.8 Å². The number of furan rings is 1. The Labute approximate surface area is 292 Å². The molecule has 0 N–H and O–H groups in total. The first-order chi connectivity index (χ1) is 32.6. The molecule has 0 aliphatic carbocycles. The summed E-state index contributed by atoms with van der Waals surface area (Å²) in [5.41, 5.74) is -4.76. The van der Waals surface area contributed by atoms with E-state index in [1.807, 2.05) is 0 Å². The van der Waals surface area contributed by atoms with Crippen LogP contribution < -0.4 is 0 Å². The van der Waals surface area contributed by atoms with E-state index in [2.05, 4.69) is 0 Å². The van der Waals surface area contributed by atoms with Crippen LogP contribution in [0.15, 0.2) is 162 Å². The highest BCUT2D eigenvalue weighted by Gasteiger charge is 2.20. The highest BCUT2D eigenvalue weighted by molar-refractivity contribution is 6.22. The van der Waals surface area contributed by atoms with Crippen LogP contribution >= 0.6 is 0 Å². The van der Waals surface area contributed by atoms with Crippen LogP contribution in [-0.2, 0) is 6.42 Å². The van der Waals surface area contributed by atoms with Crippen LogP contribution in [0.5, 0.6) is 0 Å². The molecular weight excluding hydrogens is 532 g/mol. The van der Waals surface area contributed by atoms with Crippen molar-refractivity contribution in [2.24, 2.45) is 0 Å². The summed E-state index contributed by atoms with van der Waals surface area (Å²) in [5, 5.41) is -4.33. The Morgan fingerprint density at radius 2 is 1.09 bits per heavy atom. The quantitative estimate of drug-likeness (QED) is 0.187. The average molecular weight is 587 g/mol. The fraction of sp³-hybridized carbons (Fsp3) is 0.0233. The van der Waals surface area contributed by atoms with Crippen molar-refractivity contribution in [3.05, 3.63) is 168 Å². The molecule has 0 bridgehead atoms. The summed E-state index contributed by atoms with van der Waals surface area (Å²) in [4.78, 5) is 0. The van der Waals surface area contributed by atoms with Crippen molar-refractivity contribution in [2.75, 3.05) is 0 Å². The molecule has 0 fully saturated rings. The predicted octanol–water partition coefficient (Wildman–Crippen LogP) is 12.0. The highest BCUT2D eigenvalue weighted by Crippen LogP contribution is 2.45. The van der Waals surface area contributed by atoms with Gasteiger partial charge in [0.15, 0.2) is 0 Å². The first-order valence-corrected chi connectivity index (χ1v) is 13.1. The van der Waals surface area contributed by atoms with Gasteiger partial charge in [0, 0.05) is 10.8 Å². The lowest BCUT2D eigenvalue weighted by Gasteiger charge is -2.18. The summed E-state index contributed by atoms with van der Waals surface area (Å²) < 4.78 is 237. The SMILES string of the molecule is [2H]c1c([2H])c([2H])c(-c2c([2H])c([2H])c3oc4c([2H])c([2H])c([2H])c(-c5c6c([2H])c([2H])c([2H])c([2H])c6c(Cc6c([2H])c([2H])c([2H])c7c([2H])c([2H])c([2H])c([2H])c67)c6c([2H])c([2H])c([2H])c([2H])c56)c4c3c2[2H])c([2H])c1[2H]. The van der Waals surface area contributed by atoms with Gasteiger partial charge >= 0.3 is 0 Å². The maximum Gasteiger partial charge on any atom is 0.136 e.